The molecule has 2 rings (SSSR count). The minimum absolute atomic E-state index is 0.0246. The van der Waals surface area contributed by atoms with E-state index in [1.807, 2.05) is 37.3 Å². The molecule has 0 fully saturated rings. The second kappa shape index (κ2) is 9.70. The third-order valence-corrected chi connectivity index (χ3v) is 4.20. The van der Waals surface area contributed by atoms with Gasteiger partial charge in [-0.1, -0.05) is 49.4 Å². The van der Waals surface area contributed by atoms with Crippen molar-refractivity contribution in [3.63, 3.8) is 0 Å². The van der Waals surface area contributed by atoms with E-state index in [-0.39, 0.29) is 24.1 Å². The van der Waals surface area contributed by atoms with Crippen LogP contribution in [0.25, 0.3) is 0 Å². The van der Waals surface area contributed by atoms with Crippen LogP contribution in [0.15, 0.2) is 54.6 Å². The lowest BCUT2D eigenvalue weighted by molar-refractivity contribution is -0.139. The van der Waals surface area contributed by atoms with E-state index < -0.39 is 5.97 Å². The number of halogens is 1. The van der Waals surface area contributed by atoms with Crippen LogP contribution in [0.4, 0.5) is 4.39 Å². The Balaban J connectivity index is 2.05. The van der Waals surface area contributed by atoms with Crippen molar-refractivity contribution in [1.82, 2.24) is 4.90 Å². The van der Waals surface area contributed by atoms with Crippen molar-refractivity contribution in [2.45, 2.75) is 32.7 Å². The fraction of sp³-hybridized carbons (Fsp3) is 0.333. The predicted octanol–water partition coefficient (Wildman–Crippen LogP) is 3.90. The van der Waals surface area contributed by atoms with Gasteiger partial charge in [-0.2, -0.15) is 0 Å². The van der Waals surface area contributed by atoms with Gasteiger partial charge in [-0.15, -0.1) is 0 Å². The molecule has 4 nitrogen and oxygen atoms in total. The van der Waals surface area contributed by atoms with Gasteiger partial charge < -0.3 is 10.0 Å². The zero-order chi connectivity index (χ0) is 18.9. The lowest BCUT2D eigenvalue weighted by Crippen LogP contribution is -2.36. The summed E-state index contributed by atoms with van der Waals surface area (Å²) in [6.45, 7) is 2.64. The molecule has 138 valence electrons. The minimum atomic E-state index is -0.870. The number of hydrogen-bond donors (Lipinski definition) is 1. The number of amides is 1. The molecular weight excluding hydrogens is 333 g/mol. The summed E-state index contributed by atoms with van der Waals surface area (Å²) < 4.78 is 13.4. The highest BCUT2D eigenvalue weighted by Gasteiger charge is 2.21. The first-order valence-electron chi connectivity index (χ1n) is 8.74. The Kier molecular flexibility index (Phi) is 7.33. The van der Waals surface area contributed by atoms with Gasteiger partial charge in [0.05, 0.1) is 0 Å². The Morgan fingerprint density at radius 1 is 1.08 bits per heavy atom. The van der Waals surface area contributed by atoms with Gasteiger partial charge >= 0.3 is 5.97 Å². The Bertz CT molecular complexity index is 733. The standard InChI is InChI=1S/C21H24FNO3/c1-16(13-18-9-5-10-19(22)14-18)21(26)23(12-6-11-20(24)25)15-17-7-3-2-4-8-17/h2-5,7-10,14,16H,6,11-13,15H2,1H3,(H,24,25). The van der Waals surface area contributed by atoms with Crippen molar-refractivity contribution < 1.29 is 19.1 Å². The Morgan fingerprint density at radius 2 is 1.77 bits per heavy atom. The lowest BCUT2D eigenvalue weighted by Gasteiger charge is -2.26. The summed E-state index contributed by atoms with van der Waals surface area (Å²) in [6.07, 6.45) is 0.873. The Morgan fingerprint density at radius 3 is 2.42 bits per heavy atom. The zero-order valence-corrected chi connectivity index (χ0v) is 14.9. The van der Waals surface area contributed by atoms with Crippen LogP contribution >= 0.6 is 0 Å². The maximum Gasteiger partial charge on any atom is 0.303 e. The molecule has 1 atom stereocenters. The number of carboxylic acids is 1. The number of carboxylic acid groups (broad SMARTS) is 1. The maximum atomic E-state index is 13.4. The van der Waals surface area contributed by atoms with Crippen molar-refractivity contribution >= 4 is 11.9 Å². The van der Waals surface area contributed by atoms with Gasteiger partial charge in [-0.3, -0.25) is 9.59 Å². The van der Waals surface area contributed by atoms with E-state index in [1.54, 1.807) is 17.0 Å². The molecule has 2 aromatic carbocycles. The second-order valence-corrected chi connectivity index (χ2v) is 6.48. The van der Waals surface area contributed by atoms with Crippen molar-refractivity contribution in [1.29, 1.82) is 0 Å². The number of hydrogen-bond acceptors (Lipinski definition) is 2. The number of carbonyl (C=O) groups is 2. The molecule has 0 radical (unpaired) electrons. The van der Waals surface area contributed by atoms with Crippen LogP contribution in [0.3, 0.4) is 0 Å². The third kappa shape index (κ3) is 6.31. The summed E-state index contributed by atoms with van der Waals surface area (Å²) in [5, 5.41) is 8.85. The van der Waals surface area contributed by atoms with Crippen LogP contribution in [0.5, 0.6) is 0 Å². The van der Waals surface area contributed by atoms with Crippen LogP contribution in [0.2, 0.25) is 0 Å². The highest BCUT2D eigenvalue weighted by atomic mass is 19.1. The smallest absolute Gasteiger partial charge is 0.303 e. The normalized spacial score (nSPS) is 11.8. The highest BCUT2D eigenvalue weighted by Crippen LogP contribution is 2.15. The zero-order valence-electron chi connectivity index (χ0n) is 14.9. The number of rotatable bonds is 9. The first-order chi connectivity index (χ1) is 12.5. The number of benzene rings is 2. The molecule has 26 heavy (non-hydrogen) atoms. The third-order valence-electron chi connectivity index (χ3n) is 4.20. The van der Waals surface area contributed by atoms with E-state index in [4.69, 9.17) is 5.11 Å². The monoisotopic (exact) mass is 357 g/mol. The van der Waals surface area contributed by atoms with Crippen LogP contribution in [0, 0.1) is 11.7 Å². The Hall–Kier alpha value is -2.69. The summed E-state index contributed by atoms with van der Waals surface area (Å²) in [5.74, 6) is -1.55. The van der Waals surface area contributed by atoms with E-state index in [2.05, 4.69) is 0 Å². The van der Waals surface area contributed by atoms with Gasteiger partial charge in [0, 0.05) is 25.4 Å². The molecule has 1 N–H and O–H groups in total. The summed E-state index contributed by atoms with van der Waals surface area (Å²) in [4.78, 5) is 25.4. The van der Waals surface area contributed by atoms with Gasteiger partial charge in [0.25, 0.3) is 0 Å². The fourth-order valence-corrected chi connectivity index (χ4v) is 2.91. The molecule has 0 aromatic heterocycles. The summed E-state index contributed by atoms with van der Waals surface area (Å²) in [6, 6.07) is 15.9. The van der Waals surface area contributed by atoms with Gasteiger partial charge in [-0.25, -0.2) is 4.39 Å². The molecule has 0 saturated heterocycles. The number of carbonyl (C=O) groups excluding carboxylic acids is 1. The van der Waals surface area contributed by atoms with E-state index in [0.29, 0.717) is 25.9 Å². The SMILES string of the molecule is CC(Cc1cccc(F)c1)C(=O)N(CCCC(=O)O)Cc1ccccc1. The van der Waals surface area contributed by atoms with Crippen LogP contribution < -0.4 is 0 Å². The quantitative estimate of drug-likeness (QED) is 0.740. The average Bonchev–Trinajstić information content (AvgIpc) is 2.61. The van der Waals surface area contributed by atoms with E-state index >= 15 is 0 Å². The van der Waals surface area contributed by atoms with E-state index in [1.165, 1.54) is 12.1 Å². The number of nitrogens with zero attached hydrogens (tertiary/aromatic N) is 1. The molecule has 2 aromatic rings. The minimum Gasteiger partial charge on any atom is -0.481 e. The molecule has 0 spiro atoms. The highest BCUT2D eigenvalue weighted by molar-refractivity contribution is 5.79. The van der Waals surface area contributed by atoms with Crippen LogP contribution in [-0.4, -0.2) is 28.4 Å². The predicted molar refractivity (Wildman–Crippen MR) is 98.0 cm³/mol. The summed E-state index contributed by atoms with van der Waals surface area (Å²) in [5.41, 5.74) is 1.77. The first-order valence-corrected chi connectivity index (χ1v) is 8.74. The molecule has 0 heterocycles. The van der Waals surface area contributed by atoms with Crippen molar-refractivity contribution in [2.24, 2.45) is 5.92 Å². The van der Waals surface area contributed by atoms with Gasteiger partial charge in [0.2, 0.25) is 5.91 Å². The topological polar surface area (TPSA) is 57.6 Å². The molecule has 5 heteroatoms. The fourth-order valence-electron chi connectivity index (χ4n) is 2.91. The van der Waals surface area contributed by atoms with Crippen molar-refractivity contribution in [2.75, 3.05) is 6.54 Å². The summed E-state index contributed by atoms with van der Waals surface area (Å²) in [7, 11) is 0. The van der Waals surface area contributed by atoms with E-state index in [9.17, 15) is 14.0 Å². The van der Waals surface area contributed by atoms with Gasteiger partial charge in [-0.05, 0) is 36.1 Å². The molecule has 0 aliphatic heterocycles. The number of aliphatic carboxylic acids is 1. The first kappa shape index (κ1) is 19.6. The van der Waals surface area contributed by atoms with Crippen molar-refractivity contribution in [3.8, 4) is 0 Å². The second-order valence-electron chi connectivity index (χ2n) is 6.48. The maximum absolute atomic E-state index is 13.4. The Labute approximate surface area is 153 Å². The average molecular weight is 357 g/mol. The van der Waals surface area contributed by atoms with Crippen LogP contribution in [0.1, 0.15) is 30.9 Å². The van der Waals surface area contributed by atoms with Gasteiger partial charge in [0.1, 0.15) is 5.82 Å². The molecule has 0 bridgehead atoms. The van der Waals surface area contributed by atoms with Gasteiger partial charge in [0.15, 0.2) is 0 Å². The van der Waals surface area contributed by atoms with Crippen molar-refractivity contribution in [3.05, 3.63) is 71.5 Å². The van der Waals surface area contributed by atoms with E-state index in [0.717, 1.165) is 11.1 Å². The summed E-state index contributed by atoms with van der Waals surface area (Å²) >= 11 is 0. The molecule has 0 aliphatic rings. The molecule has 0 aliphatic carbocycles. The molecular formula is C21H24FNO3. The molecule has 0 saturated carbocycles. The molecule has 1 unspecified atom stereocenters. The largest absolute Gasteiger partial charge is 0.481 e. The molecule has 1 amide bonds. The lowest BCUT2D eigenvalue weighted by atomic mass is 9.99. The van der Waals surface area contributed by atoms with Crippen LogP contribution in [-0.2, 0) is 22.6 Å².